The zero-order valence-corrected chi connectivity index (χ0v) is 15.5. The number of primary amides is 1. The molecule has 0 bridgehead atoms. The van der Waals surface area contributed by atoms with Crippen molar-refractivity contribution in [3.63, 3.8) is 0 Å². The fraction of sp³-hybridized carbons (Fsp3) is 0.364. The molecule has 0 unspecified atom stereocenters. The molecule has 1 fully saturated rings. The molecule has 1 aliphatic rings. The summed E-state index contributed by atoms with van der Waals surface area (Å²) in [5.41, 5.74) is 7.96. The molecule has 0 aromatic heterocycles. The number of amides is 3. The minimum atomic E-state index is -0.390. The third kappa shape index (κ3) is 5.58. The highest BCUT2D eigenvalue weighted by molar-refractivity contribution is 5.89. The Kier molecular flexibility index (Phi) is 6.47. The van der Waals surface area contributed by atoms with Crippen LogP contribution in [0.5, 0.6) is 0 Å². The van der Waals surface area contributed by atoms with Gasteiger partial charge in [-0.1, -0.05) is 55.3 Å². The van der Waals surface area contributed by atoms with Gasteiger partial charge in [-0.3, -0.25) is 4.79 Å². The summed E-state index contributed by atoms with van der Waals surface area (Å²) in [6.45, 7) is 0.613. The van der Waals surface area contributed by atoms with E-state index in [4.69, 9.17) is 5.73 Å². The zero-order valence-electron chi connectivity index (χ0n) is 15.5. The first kappa shape index (κ1) is 19.0. The summed E-state index contributed by atoms with van der Waals surface area (Å²) < 4.78 is 0. The average Bonchev–Trinajstić information content (AvgIpc) is 3.17. The van der Waals surface area contributed by atoms with Crippen LogP contribution in [-0.4, -0.2) is 18.5 Å². The lowest BCUT2D eigenvalue weighted by atomic mass is 9.85. The second kappa shape index (κ2) is 9.21. The van der Waals surface area contributed by atoms with Gasteiger partial charge in [0, 0.05) is 18.2 Å². The fourth-order valence-corrected chi connectivity index (χ4v) is 3.95. The Balaban J connectivity index is 1.60. The van der Waals surface area contributed by atoms with E-state index in [1.807, 2.05) is 12.1 Å². The van der Waals surface area contributed by atoms with Crippen LogP contribution in [0, 0.1) is 5.92 Å². The molecule has 27 heavy (non-hydrogen) atoms. The summed E-state index contributed by atoms with van der Waals surface area (Å²) in [4.78, 5) is 23.4. The average molecular weight is 365 g/mol. The van der Waals surface area contributed by atoms with Gasteiger partial charge in [0.1, 0.15) is 0 Å². The minimum absolute atomic E-state index is 0.162. The Morgan fingerprint density at radius 2 is 1.78 bits per heavy atom. The van der Waals surface area contributed by atoms with Crippen LogP contribution in [0.3, 0.4) is 0 Å². The van der Waals surface area contributed by atoms with Gasteiger partial charge in [-0.15, -0.1) is 0 Å². The summed E-state index contributed by atoms with van der Waals surface area (Å²) in [6.07, 6.45) is 5.14. The van der Waals surface area contributed by atoms with Crippen molar-refractivity contribution in [3.8, 4) is 0 Å². The molecular weight excluding hydrogens is 338 g/mol. The van der Waals surface area contributed by atoms with Crippen LogP contribution < -0.4 is 16.4 Å². The molecule has 3 rings (SSSR count). The lowest BCUT2D eigenvalue weighted by molar-refractivity contribution is -0.117. The van der Waals surface area contributed by atoms with E-state index in [9.17, 15) is 9.59 Å². The van der Waals surface area contributed by atoms with E-state index in [0.29, 0.717) is 24.1 Å². The highest BCUT2D eigenvalue weighted by Crippen LogP contribution is 2.36. The summed E-state index contributed by atoms with van der Waals surface area (Å²) >= 11 is 0. The molecule has 0 radical (unpaired) electrons. The predicted molar refractivity (Wildman–Crippen MR) is 108 cm³/mol. The van der Waals surface area contributed by atoms with Crippen molar-refractivity contribution in [1.82, 2.24) is 5.32 Å². The van der Waals surface area contributed by atoms with E-state index >= 15 is 0 Å². The third-order valence-corrected chi connectivity index (χ3v) is 5.24. The maximum atomic E-state index is 12.4. The molecule has 3 amide bonds. The number of urea groups is 1. The van der Waals surface area contributed by atoms with Crippen LogP contribution >= 0.6 is 0 Å². The van der Waals surface area contributed by atoms with Crippen molar-refractivity contribution in [1.29, 1.82) is 0 Å². The van der Waals surface area contributed by atoms with Crippen LogP contribution in [0.15, 0.2) is 54.6 Å². The van der Waals surface area contributed by atoms with Crippen LogP contribution in [0.4, 0.5) is 10.5 Å². The molecule has 0 saturated heterocycles. The number of nitrogens with one attached hydrogen (secondary N) is 2. The number of carbonyl (C=O) groups excluding carboxylic acids is 2. The van der Waals surface area contributed by atoms with Crippen LogP contribution in [0.1, 0.15) is 42.7 Å². The first-order valence-electron chi connectivity index (χ1n) is 9.59. The summed E-state index contributed by atoms with van der Waals surface area (Å²) in [5, 5.41) is 5.88. The predicted octanol–water partition coefficient (Wildman–Crippen LogP) is 3.81. The highest BCUT2D eigenvalue weighted by Gasteiger charge is 2.26. The first-order chi connectivity index (χ1) is 13.1. The molecule has 5 heteroatoms. The van der Waals surface area contributed by atoms with Gasteiger partial charge in [-0.05, 0) is 42.0 Å². The monoisotopic (exact) mass is 365 g/mol. The van der Waals surface area contributed by atoms with E-state index < -0.39 is 0 Å². The Bertz CT molecular complexity index is 770. The smallest absolute Gasteiger partial charge is 0.319 e. The van der Waals surface area contributed by atoms with E-state index in [2.05, 4.69) is 34.9 Å². The van der Waals surface area contributed by atoms with Gasteiger partial charge in [0.2, 0.25) is 5.91 Å². The minimum Gasteiger partial charge on any atom is -0.369 e. The fourth-order valence-electron chi connectivity index (χ4n) is 3.95. The number of carbonyl (C=O) groups is 2. The summed E-state index contributed by atoms with van der Waals surface area (Å²) in [5.74, 6) is 0.561. The van der Waals surface area contributed by atoms with Crippen molar-refractivity contribution in [3.05, 3.63) is 65.7 Å². The highest BCUT2D eigenvalue weighted by atomic mass is 16.2. The maximum Gasteiger partial charge on any atom is 0.319 e. The molecular formula is C22H27N3O2. The van der Waals surface area contributed by atoms with Crippen molar-refractivity contribution in [2.24, 2.45) is 11.7 Å². The van der Waals surface area contributed by atoms with Gasteiger partial charge < -0.3 is 16.4 Å². The van der Waals surface area contributed by atoms with Gasteiger partial charge in [-0.25, -0.2) is 4.79 Å². The molecule has 1 aliphatic carbocycles. The number of nitrogens with two attached hydrogens (primary N) is 1. The third-order valence-electron chi connectivity index (χ3n) is 5.24. The molecule has 1 atom stereocenters. The van der Waals surface area contributed by atoms with E-state index in [0.717, 1.165) is 5.56 Å². The maximum absolute atomic E-state index is 12.4. The normalized spacial score (nSPS) is 15.3. The van der Waals surface area contributed by atoms with Gasteiger partial charge in [0.15, 0.2) is 0 Å². The van der Waals surface area contributed by atoms with Crippen molar-refractivity contribution < 1.29 is 9.59 Å². The molecule has 2 aromatic carbocycles. The lowest BCUT2D eigenvalue weighted by Gasteiger charge is -2.24. The molecule has 2 aromatic rings. The zero-order chi connectivity index (χ0) is 19.1. The van der Waals surface area contributed by atoms with Gasteiger partial charge in [-0.2, -0.15) is 0 Å². The summed E-state index contributed by atoms with van der Waals surface area (Å²) in [7, 11) is 0. The van der Waals surface area contributed by atoms with Crippen molar-refractivity contribution >= 4 is 17.6 Å². The number of hydrogen-bond donors (Lipinski definition) is 3. The Labute approximate surface area is 160 Å². The van der Waals surface area contributed by atoms with Crippen LogP contribution in [-0.2, 0) is 11.2 Å². The summed E-state index contributed by atoms with van der Waals surface area (Å²) in [6, 6.07) is 17.4. The van der Waals surface area contributed by atoms with E-state index in [1.165, 1.54) is 31.2 Å². The SMILES string of the molecule is NC(=O)Cc1cccc(NC(=O)NC[C@H](c2ccccc2)C2CCCC2)c1. The Morgan fingerprint density at radius 1 is 1.04 bits per heavy atom. The number of hydrogen-bond acceptors (Lipinski definition) is 2. The standard InChI is InChI=1S/C22H27N3O2/c23-21(26)14-16-7-6-12-19(13-16)25-22(27)24-15-20(18-10-4-5-11-18)17-8-2-1-3-9-17/h1-3,6-9,12-13,18,20H,4-5,10-11,14-15H2,(H2,23,26)(H2,24,25,27)/t20-/m1/s1. The molecule has 4 N–H and O–H groups in total. The van der Waals surface area contributed by atoms with E-state index in [1.54, 1.807) is 18.2 Å². The van der Waals surface area contributed by atoms with Crippen LogP contribution in [0.25, 0.3) is 0 Å². The molecule has 0 spiro atoms. The molecule has 142 valence electrons. The van der Waals surface area contributed by atoms with Gasteiger partial charge in [0.05, 0.1) is 6.42 Å². The molecule has 5 nitrogen and oxygen atoms in total. The first-order valence-corrected chi connectivity index (χ1v) is 9.59. The quantitative estimate of drug-likeness (QED) is 0.697. The Morgan fingerprint density at radius 3 is 2.48 bits per heavy atom. The number of rotatable bonds is 7. The molecule has 1 saturated carbocycles. The topological polar surface area (TPSA) is 84.2 Å². The molecule has 0 heterocycles. The molecule has 0 aliphatic heterocycles. The van der Waals surface area contributed by atoms with Crippen molar-refractivity contribution in [2.45, 2.75) is 38.0 Å². The number of benzene rings is 2. The van der Waals surface area contributed by atoms with E-state index in [-0.39, 0.29) is 18.4 Å². The Hall–Kier alpha value is -2.82. The largest absolute Gasteiger partial charge is 0.369 e. The number of anilines is 1. The second-order valence-corrected chi connectivity index (χ2v) is 7.24. The van der Waals surface area contributed by atoms with Gasteiger partial charge in [0.25, 0.3) is 0 Å². The van der Waals surface area contributed by atoms with Gasteiger partial charge >= 0.3 is 6.03 Å². The lowest BCUT2D eigenvalue weighted by Crippen LogP contribution is -2.34. The van der Waals surface area contributed by atoms with Crippen molar-refractivity contribution in [2.75, 3.05) is 11.9 Å². The second-order valence-electron chi connectivity index (χ2n) is 7.24. The van der Waals surface area contributed by atoms with Crippen LogP contribution in [0.2, 0.25) is 0 Å².